The number of anilines is 1. The van der Waals surface area contributed by atoms with Crippen molar-refractivity contribution in [3.05, 3.63) is 49.2 Å². The third-order valence-corrected chi connectivity index (χ3v) is 5.20. The van der Waals surface area contributed by atoms with Gasteiger partial charge in [0.25, 0.3) is 5.91 Å². The highest BCUT2D eigenvalue weighted by Crippen LogP contribution is 2.30. The second-order valence-electron chi connectivity index (χ2n) is 4.74. The van der Waals surface area contributed by atoms with Crippen LogP contribution in [0.3, 0.4) is 0 Å². The van der Waals surface area contributed by atoms with Gasteiger partial charge >= 0.3 is 0 Å². The third kappa shape index (κ3) is 2.84. The Kier molecular flexibility index (Phi) is 3.88. The van der Waals surface area contributed by atoms with Gasteiger partial charge in [-0.1, -0.05) is 0 Å². The number of fused-ring (bicyclic) bond motifs is 1. The zero-order valence-corrected chi connectivity index (χ0v) is 13.4. The Balaban J connectivity index is 1.80. The first-order valence-corrected chi connectivity index (χ1v) is 8.36. The van der Waals surface area contributed by atoms with Crippen LogP contribution in [-0.2, 0) is 12.8 Å². The molecule has 1 aliphatic rings. The summed E-state index contributed by atoms with van der Waals surface area (Å²) in [6, 6.07) is 7.89. The molecule has 0 spiro atoms. The number of halogens is 1. The standard InChI is InChI=1S/C15H14INOS/c16-11-5-7-12(8-6-11)17-15(18)14-13-4-2-1-3-10(13)9-19-14/h5-9H,1-4H2,(H,17,18). The van der Waals surface area contributed by atoms with Gasteiger partial charge in [-0.05, 0) is 89.0 Å². The number of nitrogens with one attached hydrogen (secondary N) is 1. The van der Waals surface area contributed by atoms with Crippen molar-refractivity contribution < 1.29 is 4.79 Å². The van der Waals surface area contributed by atoms with Crippen LogP contribution in [0.1, 0.15) is 33.6 Å². The van der Waals surface area contributed by atoms with Crippen molar-refractivity contribution in [2.75, 3.05) is 5.32 Å². The Bertz CT molecular complexity index is 603. The molecule has 2 nitrogen and oxygen atoms in total. The van der Waals surface area contributed by atoms with E-state index in [2.05, 4.69) is 33.3 Å². The normalized spacial score (nSPS) is 13.9. The van der Waals surface area contributed by atoms with Crippen molar-refractivity contribution in [2.45, 2.75) is 25.7 Å². The van der Waals surface area contributed by atoms with Crippen molar-refractivity contribution >= 4 is 45.5 Å². The zero-order chi connectivity index (χ0) is 13.2. The van der Waals surface area contributed by atoms with E-state index in [9.17, 15) is 4.79 Å². The Hall–Kier alpha value is -0.880. The number of hydrogen-bond acceptors (Lipinski definition) is 2. The van der Waals surface area contributed by atoms with Crippen LogP contribution in [0.25, 0.3) is 0 Å². The Labute approximate surface area is 130 Å². The summed E-state index contributed by atoms with van der Waals surface area (Å²) in [4.78, 5) is 13.2. The number of thiophene rings is 1. The number of amides is 1. The number of hydrogen-bond donors (Lipinski definition) is 1. The summed E-state index contributed by atoms with van der Waals surface area (Å²) in [6.07, 6.45) is 4.63. The van der Waals surface area contributed by atoms with Gasteiger partial charge in [0.2, 0.25) is 0 Å². The lowest BCUT2D eigenvalue weighted by atomic mass is 9.94. The van der Waals surface area contributed by atoms with Gasteiger partial charge in [-0.3, -0.25) is 4.79 Å². The molecule has 0 bridgehead atoms. The molecule has 4 heteroatoms. The maximum atomic E-state index is 12.3. The smallest absolute Gasteiger partial charge is 0.266 e. The van der Waals surface area contributed by atoms with Crippen LogP contribution in [0, 0.1) is 3.57 Å². The first-order valence-electron chi connectivity index (χ1n) is 6.40. The first-order chi connectivity index (χ1) is 9.24. The van der Waals surface area contributed by atoms with Crippen molar-refractivity contribution in [3.8, 4) is 0 Å². The third-order valence-electron chi connectivity index (χ3n) is 3.41. The Morgan fingerprint density at radius 1 is 1.16 bits per heavy atom. The maximum Gasteiger partial charge on any atom is 0.266 e. The fraction of sp³-hybridized carbons (Fsp3) is 0.267. The van der Waals surface area contributed by atoms with E-state index in [1.54, 1.807) is 11.3 Å². The molecule has 1 aromatic heterocycles. The van der Waals surface area contributed by atoms with Gasteiger partial charge in [-0.25, -0.2) is 0 Å². The van der Waals surface area contributed by atoms with Gasteiger partial charge in [0.15, 0.2) is 0 Å². The van der Waals surface area contributed by atoms with Crippen LogP contribution < -0.4 is 5.32 Å². The van der Waals surface area contributed by atoms with E-state index >= 15 is 0 Å². The van der Waals surface area contributed by atoms with Gasteiger partial charge in [-0.15, -0.1) is 11.3 Å². The SMILES string of the molecule is O=C(Nc1ccc(I)cc1)c1scc2c1CCCC2. The molecule has 0 saturated carbocycles. The average Bonchev–Trinajstić information content (AvgIpc) is 2.85. The van der Waals surface area contributed by atoms with Gasteiger partial charge in [0, 0.05) is 9.26 Å². The summed E-state index contributed by atoms with van der Waals surface area (Å²) in [6.45, 7) is 0. The minimum absolute atomic E-state index is 0.0364. The second kappa shape index (κ2) is 5.63. The quantitative estimate of drug-likeness (QED) is 0.762. The number of rotatable bonds is 2. The number of benzene rings is 1. The monoisotopic (exact) mass is 383 g/mol. The predicted octanol–water partition coefficient (Wildman–Crippen LogP) is 4.48. The van der Waals surface area contributed by atoms with Gasteiger partial charge < -0.3 is 5.32 Å². The molecule has 0 aliphatic heterocycles. The van der Waals surface area contributed by atoms with Crippen LogP contribution >= 0.6 is 33.9 Å². The molecule has 1 aliphatic carbocycles. The lowest BCUT2D eigenvalue weighted by Gasteiger charge is -2.12. The fourth-order valence-corrected chi connectivity index (χ4v) is 3.84. The molecule has 3 rings (SSSR count). The van der Waals surface area contributed by atoms with Gasteiger partial charge in [0.05, 0.1) is 4.88 Å². The van der Waals surface area contributed by atoms with E-state index in [4.69, 9.17) is 0 Å². The molecule has 0 unspecified atom stereocenters. The van der Waals surface area contributed by atoms with E-state index in [1.807, 2.05) is 24.3 Å². The van der Waals surface area contributed by atoms with Crippen molar-refractivity contribution in [2.24, 2.45) is 0 Å². The molecule has 1 amide bonds. The molecule has 98 valence electrons. The molecule has 19 heavy (non-hydrogen) atoms. The second-order valence-corrected chi connectivity index (χ2v) is 6.86. The summed E-state index contributed by atoms with van der Waals surface area (Å²) in [5, 5.41) is 5.14. The molecule has 1 aromatic carbocycles. The van der Waals surface area contributed by atoms with E-state index in [-0.39, 0.29) is 5.91 Å². The number of aryl methyl sites for hydroxylation is 1. The number of carbonyl (C=O) groups is 1. The molecule has 0 atom stereocenters. The zero-order valence-electron chi connectivity index (χ0n) is 10.4. The average molecular weight is 383 g/mol. The van der Waals surface area contributed by atoms with Crippen LogP contribution in [0.2, 0.25) is 0 Å². The topological polar surface area (TPSA) is 29.1 Å². The van der Waals surface area contributed by atoms with Gasteiger partial charge in [0.1, 0.15) is 0 Å². The summed E-state index contributed by atoms with van der Waals surface area (Å²) in [5.74, 6) is 0.0364. The molecule has 1 heterocycles. The van der Waals surface area contributed by atoms with Crippen molar-refractivity contribution in [1.29, 1.82) is 0 Å². The lowest BCUT2D eigenvalue weighted by Crippen LogP contribution is -2.13. The highest BCUT2D eigenvalue weighted by atomic mass is 127. The fourth-order valence-electron chi connectivity index (χ4n) is 2.43. The molecule has 1 N–H and O–H groups in total. The largest absolute Gasteiger partial charge is 0.321 e. The Morgan fingerprint density at radius 3 is 2.68 bits per heavy atom. The molecule has 0 saturated heterocycles. The van der Waals surface area contributed by atoms with Gasteiger partial charge in [-0.2, -0.15) is 0 Å². The maximum absolute atomic E-state index is 12.3. The molecular weight excluding hydrogens is 369 g/mol. The van der Waals surface area contributed by atoms with Crippen LogP contribution in [0.15, 0.2) is 29.6 Å². The highest BCUT2D eigenvalue weighted by Gasteiger charge is 2.20. The highest BCUT2D eigenvalue weighted by molar-refractivity contribution is 14.1. The molecule has 2 aromatic rings. The van der Waals surface area contributed by atoms with Crippen molar-refractivity contribution in [1.82, 2.24) is 0 Å². The number of carbonyl (C=O) groups excluding carboxylic acids is 1. The van der Waals surface area contributed by atoms with Crippen LogP contribution in [0.4, 0.5) is 5.69 Å². The lowest BCUT2D eigenvalue weighted by molar-refractivity contribution is 0.102. The molecule has 0 radical (unpaired) electrons. The summed E-state index contributed by atoms with van der Waals surface area (Å²) < 4.78 is 1.17. The summed E-state index contributed by atoms with van der Waals surface area (Å²) >= 11 is 3.84. The van der Waals surface area contributed by atoms with E-state index < -0.39 is 0 Å². The van der Waals surface area contributed by atoms with E-state index in [1.165, 1.54) is 27.5 Å². The predicted molar refractivity (Wildman–Crippen MR) is 88.1 cm³/mol. The summed E-state index contributed by atoms with van der Waals surface area (Å²) in [7, 11) is 0. The van der Waals surface area contributed by atoms with E-state index in [0.717, 1.165) is 23.4 Å². The minimum Gasteiger partial charge on any atom is -0.321 e. The first kappa shape index (κ1) is 13.1. The van der Waals surface area contributed by atoms with Crippen LogP contribution in [0.5, 0.6) is 0 Å². The van der Waals surface area contributed by atoms with Crippen LogP contribution in [-0.4, -0.2) is 5.91 Å². The molecular formula is C15H14INOS. The molecule has 0 fully saturated rings. The Morgan fingerprint density at radius 2 is 1.89 bits per heavy atom. The van der Waals surface area contributed by atoms with E-state index in [0.29, 0.717) is 0 Å². The minimum atomic E-state index is 0.0364. The van der Waals surface area contributed by atoms with Crippen molar-refractivity contribution in [3.63, 3.8) is 0 Å². The summed E-state index contributed by atoms with van der Waals surface area (Å²) in [5.41, 5.74) is 3.52.